The van der Waals surface area contributed by atoms with Gasteiger partial charge in [-0.15, -0.1) is 0 Å². The SMILES string of the molecule is Cc1ccc(S(=O)(=O)Nc2ccc(OCCn3cc(Cl)cn3)c(F)c2)cc1. The molecule has 2 aromatic carbocycles. The number of nitrogens with one attached hydrogen (secondary N) is 1. The van der Waals surface area contributed by atoms with Crippen LogP contribution in [-0.2, 0) is 16.6 Å². The van der Waals surface area contributed by atoms with Crippen LogP contribution in [0.1, 0.15) is 5.56 Å². The minimum absolute atomic E-state index is 0.0199. The van der Waals surface area contributed by atoms with Gasteiger partial charge in [0.1, 0.15) is 6.61 Å². The molecule has 3 aromatic rings. The average Bonchev–Trinajstić information content (AvgIpc) is 3.02. The van der Waals surface area contributed by atoms with Crippen molar-refractivity contribution in [3.63, 3.8) is 0 Å². The molecule has 0 fully saturated rings. The lowest BCUT2D eigenvalue weighted by molar-refractivity contribution is 0.278. The van der Waals surface area contributed by atoms with E-state index in [4.69, 9.17) is 16.3 Å². The second kappa shape index (κ2) is 7.98. The summed E-state index contributed by atoms with van der Waals surface area (Å²) in [6.07, 6.45) is 3.13. The predicted molar refractivity (Wildman–Crippen MR) is 101 cm³/mol. The molecule has 0 amide bonds. The third kappa shape index (κ3) is 4.99. The van der Waals surface area contributed by atoms with Gasteiger partial charge in [0.25, 0.3) is 10.0 Å². The van der Waals surface area contributed by atoms with Gasteiger partial charge in [0.2, 0.25) is 0 Å². The summed E-state index contributed by atoms with van der Waals surface area (Å²) in [4.78, 5) is 0.103. The highest BCUT2D eigenvalue weighted by Gasteiger charge is 2.15. The molecule has 27 heavy (non-hydrogen) atoms. The van der Waals surface area contributed by atoms with Crippen molar-refractivity contribution in [3.8, 4) is 5.75 Å². The van der Waals surface area contributed by atoms with Gasteiger partial charge in [-0.1, -0.05) is 29.3 Å². The maximum absolute atomic E-state index is 14.2. The molecule has 142 valence electrons. The zero-order valence-electron chi connectivity index (χ0n) is 14.4. The Balaban J connectivity index is 1.64. The van der Waals surface area contributed by atoms with Gasteiger partial charge < -0.3 is 4.74 Å². The lowest BCUT2D eigenvalue weighted by Crippen LogP contribution is -2.13. The maximum atomic E-state index is 14.2. The number of hydrogen-bond donors (Lipinski definition) is 1. The lowest BCUT2D eigenvalue weighted by atomic mass is 10.2. The fraction of sp³-hybridized carbons (Fsp3) is 0.167. The van der Waals surface area contributed by atoms with Crippen LogP contribution in [0.4, 0.5) is 10.1 Å². The number of rotatable bonds is 7. The molecule has 0 unspecified atom stereocenters. The van der Waals surface area contributed by atoms with Crippen molar-refractivity contribution in [1.29, 1.82) is 0 Å². The topological polar surface area (TPSA) is 73.2 Å². The molecule has 3 rings (SSSR count). The van der Waals surface area contributed by atoms with Crippen molar-refractivity contribution >= 4 is 27.3 Å². The van der Waals surface area contributed by atoms with Gasteiger partial charge in [-0.25, -0.2) is 12.8 Å². The number of anilines is 1. The highest BCUT2D eigenvalue weighted by Crippen LogP contribution is 2.23. The lowest BCUT2D eigenvalue weighted by Gasteiger charge is -2.11. The Labute approximate surface area is 161 Å². The van der Waals surface area contributed by atoms with Crippen molar-refractivity contribution < 1.29 is 17.5 Å². The van der Waals surface area contributed by atoms with Crippen molar-refractivity contribution in [2.24, 2.45) is 0 Å². The van der Waals surface area contributed by atoms with E-state index in [1.54, 1.807) is 23.0 Å². The molecule has 9 heteroatoms. The Hall–Kier alpha value is -2.58. The first-order valence-corrected chi connectivity index (χ1v) is 9.89. The molecule has 0 aliphatic carbocycles. The molecule has 1 N–H and O–H groups in total. The highest BCUT2D eigenvalue weighted by atomic mass is 35.5. The normalized spacial score (nSPS) is 11.4. The second-order valence-electron chi connectivity index (χ2n) is 5.83. The van der Waals surface area contributed by atoms with Crippen LogP contribution < -0.4 is 9.46 Å². The minimum Gasteiger partial charge on any atom is -0.489 e. The number of halogens is 2. The van der Waals surface area contributed by atoms with Crippen LogP contribution in [0.3, 0.4) is 0 Å². The Morgan fingerprint density at radius 1 is 1.22 bits per heavy atom. The average molecular weight is 410 g/mol. The van der Waals surface area contributed by atoms with Crippen molar-refractivity contribution in [2.75, 3.05) is 11.3 Å². The summed E-state index contributed by atoms with van der Waals surface area (Å²) >= 11 is 5.76. The molecule has 0 spiro atoms. The molecule has 1 aromatic heterocycles. The summed E-state index contributed by atoms with van der Waals surface area (Å²) in [6.45, 7) is 2.44. The quantitative estimate of drug-likeness (QED) is 0.643. The fourth-order valence-electron chi connectivity index (χ4n) is 2.32. The van der Waals surface area contributed by atoms with E-state index >= 15 is 0 Å². The van der Waals surface area contributed by atoms with E-state index in [0.29, 0.717) is 11.6 Å². The summed E-state index contributed by atoms with van der Waals surface area (Å²) in [6, 6.07) is 10.3. The number of aryl methyl sites for hydroxylation is 1. The van der Waals surface area contributed by atoms with Crippen LogP contribution in [0.15, 0.2) is 59.8 Å². The van der Waals surface area contributed by atoms with Gasteiger partial charge in [0, 0.05) is 12.3 Å². The third-order valence-electron chi connectivity index (χ3n) is 3.70. The second-order valence-corrected chi connectivity index (χ2v) is 7.95. The zero-order valence-corrected chi connectivity index (χ0v) is 16.0. The predicted octanol–water partition coefficient (Wildman–Crippen LogP) is 3.86. The van der Waals surface area contributed by atoms with E-state index in [2.05, 4.69) is 9.82 Å². The largest absolute Gasteiger partial charge is 0.489 e. The molecular weight excluding hydrogens is 393 g/mol. The Morgan fingerprint density at radius 3 is 2.59 bits per heavy atom. The van der Waals surface area contributed by atoms with E-state index < -0.39 is 15.8 Å². The van der Waals surface area contributed by atoms with Crippen LogP contribution in [0.25, 0.3) is 0 Å². The monoisotopic (exact) mass is 409 g/mol. The summed E-state index contributed by atoms with van der Waals surface area (Å²) in [5.41, 5.74) is 1.05. The molecule has 0 atom stereocenters. The van der Waals surface area contributed by atoms with Crippen molar-refractivity contribution in [3.05, 3.63) is 71.3 Å². The molecule has 0 aliphatic rings. The summed E-state index contributed by atoms with van der Waals surface area (Å²) in [7, 11) is -3.79. The van der Waals surface area contributed by atoms with Crippen LogP contribution >= 0.6 is 11.6 Å². The van der Waals surface area contributed by atoms with Gasteiger partial charge in [0.15, 0.2) is 11.6 Å². The van der Waals surface area contributed by atoms with Gasteiger partial charge in [-0.05, 0) is 31.2 Å². The van der Waals surface area contributed by atoms with E-state index in [0.717, 1.165) is 11.6 Å². The number of sulfonamides is 1. The number of benzene rings is 2. The molecular formula is C18H17ClFN3O3S. The smallest absolute Gasteiger partial charge is 0.261 e. The van der Waals surface area contributed by atoms with E-state index in [1.807, 2.05) is 6.92 Å². The van der Waals surface area contributed by atoms with E-state index in [-0.39, 0.29) is 22.9 Å². The van der Waals surface area contributed by atoms with Crippen molar-refractivity contribution in [1.82, 2.24) is 9.78 Å². The van der Waals surface area contributed by atoms with Crippen molar-refractivity contribution in [2.45, 2.75) is 18.4 Å². The van der Waals surface area contributed by atoms with E-state index in [1.165, 1.54) is 30.5 Å². The highest BCUT2D eigenvalue weighted by molar-refractivity contribution is 7.92. The first-order chi connectivity index (χ1) is 12.8. The van der Waals surface area contributed by atoms with Crippen LogP contribution in [0.5, 0.6) is 5.75 Å². The number of aromatic nitrogens is 2. The van der Waals surface area contributed by atoms with Gasteiger partial charge in [0.05, 0.1) is 28.3 Å². The number of hydrogen-bond acceptors (Lipinski definition) is 4. The van der Waals surface area contributed by atoms with Gasteiger partial charge >= 0.3 is 0 Å². The first-order valence-electron chi connectivity index (χ1n) is 8.03. The van der Waals surface area contributed by atoms with Crippen LogP contribution in [0.2, 0.25) is 5.02 Å². The maximum Gasteiger partial charge on any atom is 0.261 e. The zero-order chi connectivity index (χ0) is 19.4. The standard InChI is InChI=1S/C18H17ClFN3O3S/c1-13-2-5-16(6-3-13)27(24,25)22-15-4-7-18(17(20)10-15)26-9-8-23-12-14(19)11-21-23/h2-7,10-12,22H,8-9H2,1H3. The van der Waals surface area contributed by atoms with Gasteiger partial charge in [-0.3, -0.25) is 9.40 Å². The molecule has 1 heterocycles. The van der Waals surface area contributed by atoms with Crippen LogP contribution in [-0.4, -0.2) is 24.8 Å². The minimum atomic E-state index is -3.79. The molecule has 0 saturated carbocycles. The summed E-state index contributed by atoms with van der Waals surface area (Å²) in [5, 5.41) is 4.50. The molecule has 0 bridgehead atoms. The van der Waals surface area contributed by atoms with Gasteiger partial charge in [-0.2, -0.15) is 5.10 Å². The first kappa shape index (κ1) is 19.2. The molecule has 0 saturated heterocycles. The molecule has 0 aliphatic heterocycles. The molecule has 6 nitrogen and oxygen atoms in total. The third-order valence-corrected chi connectivity index (χ3v) is 5.29. The summed E-state index contributed by atoms with van der Waals surface area (Å²) in [5.74, 6) is -0.649. The summed E-state index contributed by atoms with van der Waals surface area (Å²) < 4.78 is 48.2. The van der Waals surface area contributed by atoms with E-state index in [9.17, 15) is 12.8 Å². The van der Waals surface area contributed by atoms with Crippen LogP contribution in [0, 0.1) is 12.7 Å². The number of nitrogens with zero attached hydrogens (tertiary/aromatic N) is 2. The Kier molecular flexibility index (Phi) is 5.67. The number of ether oxygens (including phenoxy) is 1. The molecule has 0 radical (unpaired) electrons. The Morgan fingerprint density at radius 2 is 1.96 bits per heavy atom. The Bertz CT molecular complexity index is 1040. The fourth-order valence-corrected chi connectivity index (χ4v) is 3.53.